The van der Waals surface area contributed by atoms with Crippen LogP contribution in [-0.4, -0.2) is 28.8 Å². The Labute approximate surface area is 217 Å². The molecular formula is C27H41FN3O2PS. The molecule has 0 saturated carbocycles. The third-order valence-electron chi connectivity index (χ3n) is 5.21. The molecule has 8 heteroatoms. The van der Waals surface area contributed by atoms with Crippen LogP contribution >= 0.6 is 21.0 Å². The van der Waals surface area contributed by atoms with Crippen molar-refractivity contribution in [1.29, 1.82) is 0 Å². The first kappa shape index (κ1) is 30.9. The summed E-state index contributed by atoms with van der Waals surface area (Å²) in [6, 6.07) is 1.48. The molecule has 1 heterocycles. The van der Waals surface area contributed by atoms with Crippen molar-refractivity contribution >= 4 is 26.9 Å². The number of rotatable bonds is 14. The van der Waals surface area contributed by atoms with Crippen molar-refractivity contribution in [3.63, 3.8) is 0 Å². The molecule has 1 amide bonds. The Morgan fingerprint density at radius 1 is 1.40 bits per heavy atom. The Morgan fingerprint density at radius 2 is 2.09 bits per heavy atom. The van der Waals surface area contributed by atoms with Gasteiger partial charge in [0.15, 0.2) is 5.41 Å². The van der Waals surface area contributed by atoms with E-state index in [1.807, 2.05) is 26.0 Å². The summed E-state index contributed by atoms with van der Waals surface area (Å²) < 4.78 is 21.5. The molecule has 1 aromatic heterocycles. The highest BCUT2D eigenvalue weighted by Gasteiger charge is 2.25. The topological polar surface area (TPSA) is 56.1 Å². The van der Waals surface area contributed by atoms with Crippen LogP contribution in [0.5, 0.6) is 0 Å². The lowest BCUT2D eigenvalue weighted by molar-refractivity contribution is 0.0948. The first-order chi connectivity index (χ1) is 16.5. The Hall–Kier alpha value is -2.11. The number of carbonyl (C=O) groups excluding carboxylic acids is 1. The lowest BCUT2D eigenvalue weighted by Crippen LogP contribution is -2.27. The van der Waals surface area contributed by atoms with Gasteiger partial charge in [0.1, 0.15) is 11.4 Å². The summed E-state index contributed by atoms with van der Waals surface area (Å²) in [5, 5.41) is 5.38. The number of allylic oxidation sites excluding steroid dienone is 7. The zero-order valence-electron chi connectivity index (χ0n) is 22.2. The van der Waals surface area contributed by atoms with Gasteiger partial charge in [-0.2, -0.15) is 5.10 Å². The van der Waals surface area contributed by atoms with Gasteiger partial charge in [0.25, 0.3) is 5.91 Å². The maximum Gasteiger partial charge on any atom is 0.269 e. The number of nitrogens with one attached hydrogen (secondary N) is 1. The molecule has 2 unspecified atom stereocenters. The quantitative estimate of drug-likeness (QED) is 0.158. The summed E-state index contributed by atoms with van der Waals surface area (Å²) in [4.78, 5) is 14.9. The van der Waals surface area contributed by atoms with Gasteiger partial charge in [-0.15, -0.1) is 0 Å². The summed E-state index contributed by atoms with van der Waals surface area (Å²) in [5.41, 5.74) is 2.77. The molecule has 0 bridgehead atoms. The fraction of sp³-hybridized carbons (Fsp3) is 0.481. The Bertz CT molecular complexity index is 993. The van der Waals surface area contributed by atoms with Crippen LogP contribution in [0.4, 0.5) is 4.39 Å². The normalized spacial score (nSPS) is 15.4. The maximum absolute atomic E-state index is 14.2. The van der Waals surface area contributed by atoms with Gasteiger partial charge in [0.05, 0.1) is 12.4 Å². The molecule has 0 aliphatic carbocycles. The molecule has 5 nitrogen and oxygen atoms in total. The number of thioether (sulfide) groups is 1. The Kier molecular flexibility index (Phi) is 13.3. The monoisotopic (exact) mass is 521 g/mol. The van der Waals surface area contributed by atoms with E-state index in [1.165, 1.54) is 23.2 Å². The van der Waals surface area contributed by atoms with Gasteiger partial charge in [-0.05, 0) is 58.3 Å². The van der Waals surface area contributed by atoms with E-state index in [1.54, 1.807) is 24.9 Å². The van der Waals surface area contributed by atoms with Gasteiger partial charge in [-0.25, -0.2) is 4.39 Å². The summed E-state index contributed by atoms with van der Waals surface area (Å²) in [5.74, 6) is 0.642. The average Bonchev–Trinajstić information content (AvgIpc) is 3.21. The Balaban J connectivity index is 3.16. The molecule has 0 saturated heterocycles. The molecule has 1 N–H and O–H groups in total. The van der Waals surface area contributed by atoms with E-state index in [-0.39, 0.29) is 11.6 Å². The van der Waals surface area contributed by atoms with Crippen molar-refractivity contribution < 1.29 is 13.9 Å². The number of aryl methyl sites for hydroxylation is 1. The van der Waals surface area contributed by atoms with Gasteiger partial charge in [-0.3, -0.25) is 9.48 Å². The second-order valence-electron chi connectivity index (χ2n) is 8.27. The molecule has 0 fully saturated rings. The summed E-state index contributed by atoms with van der Waals surface area (Å²) in [6.07, 6.45) is 10.6. The second kappa shape index (κ2) is 15.1. The highest BCUT2D eigenvalue weighted by atomic mass is 32.2. The molecule has 0 spiro atoms. The van der Waals surface area contributed by atoms with Crippen LogP contribution in [-0.2, 0) is 17.2 Å². The molecule has 1 aromatic rings. The zero-order valence-corrected chi connectivity index (χ0v) is 24.2. The van der Waals surface area contributed by atoms with Crippen molar-refractivity contribution in [3.8, 4) is 0 Å². The average molecular weight is 522 g/mol. The van der Waals surface area contributed by atoms with E-state index >= 15 is 0 Å². The van der Waals surface area contributed by atoms with Gasteiger partial charge in [0, 0.05) is 29.8 Å². The highest BCUT2D eigenvalue weighted by molar-refractivity contribution is 8.07. The minimum Gasteiger partial charge on any atom is -0.498 e. The first-order valence-corrected chi connectivity index (χ1v) is 13.4. The first-order valence-electron chi connectivity index (χ1n) is 12.0. The number of aromatic nitrogens is 2. The molecule has 194 valence electrons. The van der Waals surface area contributed by atoms with Crippen molar-refractivity contribution in [3.05, 3.63) is 75.1 Å². The highest BCUT2D eigenvalue weighted by Crippen LogP contribution is 2.36. The van der Waals surface area contributed by atoms with E-state index in [2.05, 4.69) is 53.1 Å². The summed E-state index contributed by atoms with van der Waals surface area (Å²) >= 11 is 1.62. The van der Waals surface area contributed by atoms with E-state index in [0.29, 0.717) is 18.8 Å². The maximum atomic E-state index is 14.2. The standard InChI is InChI=1S/C27H41FN3O2PS/c1-9-14-20(16-21(15-10-2)33-13-5)25(19(6)11-3)35-22(12-4)18-29-26(32)23-17-24(27(7,28)34)30-31(23)8/h9,12,14,16-17H,1,10-11,13,15,18,34H2,2-8H3,(H,29,32)/b20-14+,21-16+,22-12-,25-19?. The van der Waals surface area contributed by atoms with Crippen LogP contribution in [0.3, 0.4) is 0 Å². The van der Waals surface area contributed by atoms with Crippen LogP contribution in [0.1, 0.15) is 77.0 Å². The zero-order chi connectivity index (χ0) is 26.6. The van der Waals surface area contributed by atoms with Crippen molar-refractivity contribution in [1.82, 2.24) is 15.1 Å². The number of halogens is 1. The SMILES string of the molecule is C=C/C=C(\C=C(/CCC)OCC)C(S/C(=C\C)CNC(=O)c1cc(C(C)(F)P)nn1C)=C(C)CC. The van der Waals surface area contributed by atoms with Crippen LogP contribution < -0.4 is 5.32 Å². The third kappa shape index (κ3) is 9.81. The smallest absolute Gasteiger partial charge is 0.269 e. The van der Waals surface area contributed by atoms with Crippen molar-refractivity contribution in [2.24, 2.45) is 7.05 Å². The fourth-order valence-electron chi connectivity index (χ4n) is 3.17. The predicted molar refractivity (Wildman–Crippen MR) is 151 cm³/mol. The lowest BCUT2D eigenvalue weighted by Gasteiger charge is -2.17. The number of hydrogen-bond donors (Lipinski definition) is 1. The van der Waals surface area contributed by atoms with Gasteiger partial charge < -0.3 is 10.1 Å². The molecule has 35 heavy (non-hydrogen) atoms. The largest absolute Gasteiger partial charge is 0.498 e. The van der Waals surface area contributed by atoms with Crippen molar-refractivity contribution in [2.45, 2.75) is 66.2 Å². The fourth-order valence-corrected chi connectivity index (χ4v) is 4.39. The molecular weight excluding hydrogens is 480 g/mol. The van der Waals surface area contributed by atoms with Gasteiger partial charge in [0.2, 0.25) is 0 Å². The molecule has 0 radical (unpaired) electrons. The van der Waals surface area contributed by atoms with Gasteiger partial charge >= 0.3 is 0 Å². The van der Waals surface area contributed by atoms with Crippen LogP contribution in [0.2, 0.25) is 0 Å². The summed E-state index contributed by atoms with van der Waals surface area (Å²) in [7, 11) is 3.74. The molecule has 2 atom stereocenters. The van der Waals surface area contributed by atoms with E-state index in [0.717, 1.165) is 40.4 Å². The van der Waals surface area contributed by atoms with E-state index in [9.17, 15) is 9.18 Å². The Morgan fingerprint density at radius 3 is 2.57 bits per heavy atom. The molecule has 0 aromatic carbocycles. The number of nitrogens with zero attached hydrogens (tertiary/aromatic N) is 2. The number of carbonyl (C=O) groups is 1. The predicted octanol–water partition coefficient (Wildman–Crippen LogP) is 7.32. The van der Waals surface area contributed by atoms with Crippen molar-refractivity contribution in [2.75, 3.05) is 13.2 Å². The third-order valence-corrected chi connectivity index (χ3v) is 6.94. The van der Waals surface area contributed by atoms with Gasteiger partial charge in [-0.1, -0.05) is 65.2 Å². The second-order valence-corrected chi connectivity index (χ2v) is 10.5. The van der Waals surface area contributed by atoms with Crippen LogP contribution in [0.25, 0.3) is 0 Å². The van der Waals surface area contributed by atoms with E-state index in [4.69, 9.17) is 4.74 Å². The van der Waals surface area contributed by atoms with E-state index < -0.39 is 5.41 Å². The number of alkyl halides is 1. The number of hydrogen-bond acceptors (Lipinski definition) is 4. The summed E-state index contributed by atoms with van der Waals surface area (Å²) in [6.45, 7) is 16.6. The van der Waals surface area contributed by atoms with Crippen LogP contribution in [0, 0.1) is 0 Å². The lowest BCUT2D eigenvalue weighted by atomic mass is 10.1. The minimum absolute atomic E-state index is 0.197. The number of ether oxygens (including phenoxy) is 1. The molecule has 0 aliphatic heterocycles. The minimum atomic E-state index is -1.70. The molecule has 0 aliphatic rings. The number of amides is 1. The molecule has 1 rings (SSSR count). The van der Waals surface area contributed by atoms with Crippen LogP contribution in [0.15, 0.2) is 63.7 Å².